The van der Waals surface area contributed by atoms with Gasteiger partial charge in [0.1, 0.15) is 6.10 Å². The Morgan fingerprint density at radius 2 is 2.06 bits per heavy atom. The zero-order chi connectivity index (χ0) is 12.0. The van der Waals surface area contributed by atoms with Crippen molar-refractivity contribution in [3.8, 4) is 0 Å². The van der Waals surface area contributed by atoms with Crippen LogP contribution in [0.2, 0.25) is 5.02 Å². The van der Waals surface area contributed by atoms with E-state index in [-0.39, 0.29) is 5.78 Å². The first-order chi connectivity index (χ1) is 7.70. The third kappa shape index (κ3) is 3.32. The molecule has 1 aromatic rings. The number of benzene rings is 1. The van der Waals surface area contributed by atoms with Crippen LogP contribution in [0.4, 0.5) is 0 Å². The molecule has 88 valence electrons. The molecule has 1 atom stereocenters. The SMILES string of the molecule is CCCOC(C(=O)CC)c1ccccc1Cl. The fraction of sp³-hybridized carbons (Fsp3) is 0.462. The Balaban J connectivity index is 2.92. The summed E-state index contributed by atoms with van der Waals surface area (Å²) in [6.45, 7) is 4.42. The van der Waals surface area contributed by atoms with E-state index in [1.54, 1.807) is 6.07 Å². The highest BCUT2D eigenvalue weighted by atomic mass is 35.5. The summed E-state index contributed by atoms with van der Waals surface area (Å²) in [7, 11) is 0. The topological polar surface area (TPSA) is 26.3 Å². The Morgan fingerprint density at radius 3 is 2.62 bits per heavy atom. The number of rotatable bonds is 6. The van der Waals surface area contributed by atoms with Crippen LogP contribution in [0.25, 0.3) is 0 Å². The predicted molar refractivity (Wildman–Crippen MR) is 65.7 cm³/mol. The second-order valence-corrected chi connectivity index (χ2v) is 4.00. The number of carbonyl (C=O) groups excluding carboxylic acids is 1. The van der Waals surface area contributed by atoms with Crippen LogP contribution in [-0.4, -0.2) is 12.4 Å². The Bertz CT molecular complexity index is 350. The van der Waals surface area contributed by atoms with Crippen molar-refractivity contribution in [2.24, 2.45) is 0 Å². The largest absolute Gasteiger partial charge is 0.366 e. The normalized spacial score (nSPS) is 12.4. The molecule has 0 saturated carbocycles. The van der Waals surface area contributed by atoms with Gasteiger partial charge in [-0.1, -0.05) is 43.6 Å². The van der Waals surface area contributed by atoms with E-state index in [1.807, 2.05) is 32.0 Å². The Hall–Kier alpha value is -0.860. The van der Waals surface area contributed by atoms with Gasteiger partial charge in [0.15, 0.2) is 5.78 Å². The van der Waals surface area contributed by atoms with Crippen molar-refractivity contribution in [1.82, 2.24) is 0 Å². The summed E-state index contributed by atoms with van der Waals surface area (Å²) in [6.07, 6.45) is 0.830. The summed E-state index contributed by atoms with van der Waals surface area (Å²) in [5.41, 5.74) is 0.768. The van der Waals surface area contributed by atoms with Crippen LogP contribution >= 0.6 is 11.6 Å². The first kappa shape index (κ1) is 13.2. The number of ketones is 1. The molecule has 1 rings (SSSR count). The van der Waals surface area contributed by atoms with E-state index in [0.29, 0.717) is 18.1 Å². The van der Waals surface area contributed by atoms with Crippen LogP contribution in [-0.2, 0) is 9.53 Å². The highest BCUT2D eigenvalue weighted by Gasteiger charge is 2.21. The molecule has 0 fully saturated rings. The van der Waals surface area contributed by atoms with Crippen molar-refractivity contribution in [3.63, 3.8) is 0 Å². The van der Waals surface area contributed by atoms with E-state index in [0.717, 1.165) is 12.0 Å². The average Bonchev–Trinajstić information content (AvgIpc) is 2.31. The molecular weight excluding hydrogens is 224 g/mol. The summed E-state index contributed by atoms with van der Waals surface area (Å²) in [6, 6.07) is 7.34. The monoisotopic (exact) mass is 240 g/mol. The summed E-state index contributed by atoms with van der Waals surface area (Å²) in [4.78, 5) is 11.8. The van der Waals surface area contributed by atoms with Crippen molar-refractivity contribution < 1.29 is 9.53 Å². The highest BCUT2D eigenvalue weighted by molar-refractivity contribution is 6.31. The van der Waals surface area contributed by atoms with Gasteiger partial charge in [-0.05, 0) is 12.5 Å². The first-order valence-corrected chi connectivity index (χ1v) is 5.97. The minimum Gasteiger partial charge on any atom is -0.366 e. The molecule has 0 saturated heterocycles. The Kier molecular flexibility index (Phi) is 5.50. The molecule has 0 spiro atoms. The van der Waals surface area contributed by atoms with Crippen LogP contribution in [0, 0.1) is 0 Å². The number of hydrogen-bond acceptors (Lipinski definition) is 2. The van der Waals surface area contributed by atoms with Crippen LogP contribution in [0.3, 0.4) is 0 Å². The number of halogens is 1. The zero-order valence-electron chi connectivity index (χ0n) is 9.70. The molecule has 0 amide bonds. The maximum absolute atomic E-state index is 11.8. The average molecular weight is 241 g/mol. The summed E-state index contributed by atoms with van der Waals surface area (Å²) < 4.78 is 5.58. The van der Waals surface area contributed by atoms with Crippen LogP contribution < -0.4 is 0 Å². The number of carbonyl (C=O) groups is 1. The molecule has 0 bridgehead atoms. The fourth-order valence-electron chi connectivity index (χ4n) is 1.46. The zero-order valence-corrected chi connectivity index (χ0v) is 10.5. The maximum atomic E-state index is 11.8. The van der Waals surface area contributed by atoms with Gasteiger partial charge < -0.3 is 4.74 Å². The second kappa shape index (κ2) is 6.66. The van der Waals surface area contributed by atoms with Crippen molar-refractivity contribution in [2.75, 3.05) is 6.61 Å². The summed E-state index contributed by atoms with van der Waals surface area (Å²) in [5, 5.41) is 0.588. The van der Waals surface area contributed by atoms with Gasteiger partial charge in [-0.3, -0.25) is 4.79 Å². The van der Waals surface area contributed by atoms with Gasteiger partial charge in [0.2, 0.25) is 0 Å². The van der Waals surface area contributed by atoms with Gasteiger partial charge >= 0.3 is 0 Å². The van der Waals surface area contributed by atoms with Crippen molar-refractivity contribution >= 4 is 17.4 Å². The van der Waals surface area contributed by atoms with Crippen LogP contribution in [0.15, 0.2) is 24.3 Å². The quantitative estimate of drug-likeness (QED) is 0.756. The van der Waals surface area contributed by atoms with Crippen molar-refractivity contribution in [1.29, 1.82) is 0 Å². The predicted octanol–water partition coefficient (Wildman–Crippen LogP) is 3.79. The first-order valence-electron chi connectivity index (χ1n) is 5.59. The molecule has 16 heavy (non-hydrogen) atoms. The van der Waals surface area contributed by atoms with Gasteiger partial charge in [-0.25, -0.2) is 0 Å². The van der Waals surface area contributed by atoms with Gasteiger partial charge in [0, 0.05) is 23.6 Å². The third-order valence-corrected chi connectivity index (χ3v) is 2.66. The second-order valence-electron chi connectivity index (χ2n) is 3.59. The summed E-state index contributed by atoms with van der Waals surface area (Å²) in [5.74, 6) is 0.0709. The lowest BCUT2D eigenvalue weighted by atomic mass is 10.0. The number of Topliss-reactive ketones (excluding diaryl/α,β-unsaturated/α-hetero) is 1. The molecule has 0 heterocycles. The third-order valence-electron chi connectivity index (χ3n) is 2.32. The lowest BCUT2D eigenvalue weighted by Gasteiger charge is -2.17. The van der Waals surface area contributed by atoms with E-state index >= 15 is 0 Å². The Morgan fingerprint density at radius 1 is 1.38 bits per heavy atom. The molecular formula is C13H17ClO2. The molecule has 1 unspecified atom stereocenters. The van der Waals surface area contributed by atoms with E-state index in [2.05, 4.69) is 0 Å². The number of hydrogen-bond donors (Lipinski definition) is 0. The van der Waals surface area contributed by atoms with Gasteiger partial charge in [0.05, 0.1) is 0 Å². The standard InChI is InChI=1S/C13H17ClO2/c1-3-9-16-13(12(15)4-2)10-7-5-6-8-11(10)14/h5-8,13H,3-4,9H2,1-2H3. The minimum atomic E-state index is -0.515. The van der Waals surface area contributed by atoms with E-state index < -0.39 is 6.10 Å². The molecule has 0 aliphatic heterocycles. The van der Waals surface area contributed by atoms with E-state index in [4.69, 9.17) is 16.3 Å². The molecule has 2 nitrogen and oxygen atoms in total. The fourth-order valence-corrected chi connectivity index (χ4v) is 1.70. The van der Waals surface area contributed by atoms with Gasteiger partial charge in [-0.2, -0.15) is 0 Å². The van der Waals surface area contributed by atoms with Crippen molar-refractivity contribution in [3.05, 3.63) is 34.9 Å². The van der Waals surface area contributed by atoms with E-state index in [9.17, 15) is 4.79 Å². The lowest BCUT2D eigenvalue weighted by molar-refractivity contribution is -0.130. The van der Waals surface area contributed by atoms with Crippen LogP contribution in [0.5, 0.6) is 0 Å². The smallest absolute Gasteiger partial charge is 0.165 e. The summed E-state index contributed by atoms with van der Waals surface area (Å²) >= 11 is 6.07. The molecule has 0 N–H and O–H groups in total. The highest BCUT2D eigenvalue weighted by Crippen LogP contribution is 2.27. The molecule has 0 aliphatic carbocycles. The van der Waals surface area contributed by atoms with Crippen molar-refractivity contribution in [2.45, 2.75) is 32.8 Å². The molecule has 3 heteroatoms. The maximum Gasteiger partial charge on any atom is 0.165 e. The minimum absolute atomic E-state index is 0.0709. The van der Waals surface area contributed by atoms with Gasteiger partial charge in [0.25, 0.3) is 0 Å². The molecule has 1 aromatic carbocycles. The number of ether oxygens (including phenoxy) is 1. The molecule has 0 radical (unpaired) electrons. The molecule has 0 aliphatic rings. The molecule has 0 aromatic heterocycles. The lowest BCUT2D eigenvalue weighted by Crippen LogP contribution is -2.16. The Labute approximate surface area is 102 Å². The van der Waals surface area contributed by atoms with E-state index in [1.165, 1.54) is 0 Å². The van der Waals surface area contributed by atoms with Gasteiger partial charge in [-0.15, -0.1) is 0 Å². The van der Waals surface area contributed by atoms with Crippen LogP contribution in [0.1, 0.15) is 38.4 Å².